The van der Waals surface area contributed by atoms with Gasteiger partial charge in [-0.2, -0.15) is 0 Å². The molecule has 0 saturated carbocycles. The summed E-state index contributed by atoms with van der Waals surface area (Å²) in [4.78, 5) is 2.14. The summed E-state index contributed by atoms with van der Waals surface area (Å²) in [7, 11) is 0. The molecule has 0 amide bonds. The van der Waals surface area contributed by atoms with Crippen LogP contribution in [-0.4, -0.2) is 42.4 Å². The lowest BCUT2D eigenvalue weighted by Crippen LogP contribution is -2.23. The molecule has 3 heteroatoms. The maximum absolute atomic E-state index is 10.1. The van der Waals surface area contributed by atoms with Gasteiger partial charge in [-0.25, -0.2) is 5.11 Å². The molecule has 1 fully saturated rings. The minimum absolute atomic E-state index is 0.00654. The highest BCUT2D eigenvalue weighted by Gasteiger charge is 2.18. The smallest absolute Gasteiger partial charge is 0.0834 e. The van der Waals surface area contributed by atoms with Crippen molar-refractivity contribution in [2.75, 3.05) is 26.2 Å². The average Bonchev–Trinajstić information content (AvgIpc) is 2.31. The standard InChI is InChI=1S/C7H14NO2/c9-5-1-3-8-4-2-7(10)6-8/h7,10H,1-6H2/t7-/m0/s1. The summed E-state index contributed by atoms with van der Waals surface area (Å²) < 4.78 is 0. The molecule has 1 aliphatic rings. The number of rotatable bonds is 3. The Labute approximate surface area is 61.3 Å². The third-order valence-corrected chi connectivity index (χ3v) is 1.87. The van der Waals surface area contributed by atoms with Crippen LogP contribution in [0.5, 0.6) is 0 Å². The third kappa shape index (κ3) is 2.25. The molecule has 0 bridgehead atoms. The van der Waals surface area contributed by atoms with E-state index in [2.05, 4.69) is 4.90 Å². The molecule has 0 aromatic carbocycles. The second-order valence-electron chi connectivity index (χ2n) is 2.80. The average molecular weight is 144 g/mol. The first kappa shape index (κ1) is 7.98. The van der Waals surface area contributed by atoms with Crippen molar-refractivity contribution >= 4 is 0 Å². The number of aliphatic hydroxyl groups is 1. The number of nitrogens with zero attached hydrogens (tertiary/aromatic N) is 1. The van der Waals surface area contributed by atoms with Crippen molar-refractivity contribution in [3.05, 3.63) is 0 Å². The molecule has 1 atom stereocenters. The molecule has 1 heterocycles. The first-order valence-electron chi connectivity index (χ1n) is 3.81. The maximum atomic E-state index is 10.1. The fourth-order valence-corrected chi connectivity index (χ4v) is 1.30. The van der Waals surface area contributed by atoms with Gasteiger partial charge in [0.1, 0.15) is 0 Å². The zero-order chi connectivity index (χ0) is 7.40. The molecular weight excluding hydrogens is 130 g/mol. The Morgan fingerprint density at radius 2 is 2.40 bits per heavy atom. The van der Waals surface area contributed by atoms with Crippen molar-refractivity contribution in [1.29, 1.82) is 0 Å². The monoisotopic (exact) mass is 144 g/mol. The molecule has 59 valence electrons. The van der Waals surface area contributed by atoms with Gasteiger partial charge in [-0.1, -0.05) is 0 Å². The van der Waals surface area contributed by atoms with Gasteiger partial charge < -0.3 is 10.0 Å². The quantitative estimate of drug-likeness (QED) is 0.599. The van der Waals surface area contributed by atoms with Gasteiger partial charge in [0.25, 0.3) is 0 Å². The number of likely N-dealkylation sites (tertiary alicyclic amines) is 1. The Hall–Kier alpha value is -0.120. The minimum Gasteiger partial charge on any atom is -0.392 e. The van der Waals surface area contributed by atoms with Crippen molar-refractivity contribution in [3.63, 3.8) is 0 Å². The topological polar surface area (TPSA) is 43.4 Å². The number of hydrogen-bond acceptors (Lipinski definition) is 2. The number of β-amino-alcohol motifs (C(OH)–C–C–N with tert-alkyl or cyclic N) is 1. The zero-order valence-electron chi connectivity index (χ0n) is 6.12. The Morgan fingerprint density at radius 1 is 1.60 bits per heavy atom. The summed E-state index contributed by atoms with van der Waals surface area (Å²) in [5.41, 5.74) is 0. The van der Waals surface area contributed by atoms with Crippen LogP contribution in [0, 0.1) is 0 Å². The molecule has 10 heavy (non-hydrogen) atoms. The van der Waals surface area contributed by atoms with E-state index in [0.29, 0.717) is 6.42 Å². The molecule has 0 aliphatic carbocycles. The SMILES string of the molecule is [O]CCCN1CC[C@H](O)C1. The van der Waals surface area contributed by atoms with E-state index in [9.17, 15) is 5.11 Å². The summed E-state index contributed by atoms with van der Waals surface area (Å²) in [6.07, 6.45) is 1.44. The zero-order valence-corrected chi connectivity index (χ0v) is 6.12. The van der Waals surface area contributed by atoms with Crippen LogP contribution in [0.3, 0.4) is 0 Å². The second-order valence-corrected chi connectivity index (χ2v) is 2.80. The molecule has 1 aliphatic heterocycles. The first-order chi connectivity index (χ1) is 4.83. The summed E-state index contributed by atoms with van der Waals surface area (Å²) >= 11 is 0. The Morgan fingerprint density at radius 3 is 2.90 bits per heavy atom. The molecule has 3 nitrogen and oxygen atoms in total. The molecule has 1 N–H and O–H groups in total. The van der Waals surface area contributed by atoms with E-state index in [0.717, 1.165) is 26.1 Å². The lowest BCUT2D eigenvalue weighted by Gasteiger charge is -2.12. The van der Waals surface area contributed by atoms with Gasteiger partial charge in [0.15, 0.2) is 0 Å². The molecular formula is C7H14NO2. The van der Waals surface area contributed by atoms with E-state index in [-0.39, 0.29) is 12.7 Å². The van der Waals surface area contributed by atoms with Crippen molar-refractivity contribution in [2.45, 2.75) is 18.9 Å². The number of hydrogen-bond donors (Lipinski definition) is 1. The minimum atomic E-state index is -0.147. The van der Waals surface area contributed by atoms with Gasteiger partial charge in [0, 0.05) is 19.6 Å². The Balaban J connectivity index is 2.06. The molecule has 1 radical (unpaired) electrons. The summed E-state index contributed by atoms with van der Waals surface area (Å²) in [6, 6.07) is 0. The number of aliphatic hydroxyl groups excluding tert-OH is 1. The van der Waals surface area contributed by atoms with E-state index in [1.165, 1.54) is 0 Å². The van der Waals surface area contributed by atoms with Gasteiger partial charge in [-0.05, 0) is 12.8 Å². The van der Waals surface area contributed by atoms with E-state index in [1.54, 1.807) is 0 Å². The van der Waals surface area contributed by atoms with Crippen LogP contribution >= 0.6 is 0 Å². The van der Waals surface area contributed by atoms with Crippen LogP contribution in [0.1, 0.15) is 12.8 Å². The summed E-state index contributed by atoms with van der Waals surface area (Å²) in [5.74, 6) is 0. The fourth-order valence-electron chi connectivity index (χ4n) is 1.30. The van der Waals surface area contributed by atoms with Gasteiger partial charge in [0.05, 0.1) is 12.7 Å². The van der Waals surface area contributed by atoms with Gasteiger partial charge in [-0.3, -0.25) is 0 Å². The largest absolute Gasteiger partial charge is 0.392 e. The van der Waals surface area contributed by atoms with E-state index >= 15 is 0 Å². The van der Waals surface area contributed by atoms with E-state index < -0.39 is 0 Å². The molecule has 1 saturated heterocycles. The summed E-state index contributed by atoms with van der Waals surface area (Å²) in [6.45, 7) is 2.59. The maximum Gasteiger partial charge on any atom is 0.0834 e. The van der Waals surface area contributed by atoms with Gasteiger partial charge in [-0.15, -0.1) is 0 Å². The van der Waals surface area contributed by atoms with Gasteiger partial charge in [0.2, 0.25) is 0 Å². The van der Waals surface area contributed by atoms with Crippen molar-refractivity contribution in [2.24, 2.45) is 0 Å². The Bertz CT molecular complexity index is 97.6. The highest BCUT2D eigenvalue weighted by Crippen LogP contribution is 2.08. The summed E-state index contributed by atoms with van der Waals surface area (Å²) in [5, 5.41) is 19.2. The molecule has 0 aromatic heterocycles. The lowest BCUT2D eigenvalue weighted by molar-refractivity contribution is 0.156. The van der Waals surface area contributed by atoms with Crippen molar-refractivity contribution in [1.82, 2.24) is 4.90 Å². The third-order valence-electron chi connectivity index (χ3n) is 1.87. The predicted octanol–water partition coefficient (Wildman–Crippen LogP) is -0.126. The first-order valence-corrected chi connectivity index (χ1v) is 3.81. The van der Waals surface area contributed by atoms with Crippen LogP contribution in [0.2, 0.25) is 0 Å². The van der Waals surface area contributed by atoms with Crippen LogP contribution in [0.4, 0.5) is 0 Å². The molecule has 0 unspecified atom stereocenters. The fraction of sp³-hybridized carbons (Fsp3) is 1.00. The highest BCUT2D eigenvalue weighted by molar-refractivity contribution is 4.73. The van der Waals surface area contributed by atoms with Crippen LogP contribution < -0.4 is 0 Å². The van der Waals surface area contributed by atoms with Crippen molar-refractivity contribution < 1.29 is 10.2 Å². The lowest BCUT2D eigenvalue weighted by atomic mass is 10.3. The van der Waals surface area contributed by atoms with E-state index in [1.807, 2.05) is 0 Å². The van der Waals surface area contributed by atoms with E-state index in [4.69, 9.17) is 5.11 Å². The second kappa shape index (κ2) is 3.91. The highest BCUT2D eigenvalue weighted by atomic mass is 16.3. The van der Waals surface area contributed by atoms with Gasteiger partial charge >= 0.3 is 0 Å². The van der Waals surface area contributed by atoms with Crippen LogP contribution in [-0.2, 0) is 5.11 Å². The molecule has 0 aromatic rings. The molecule has 0 spiro atoms. The van der Waals surface area contributed by atoms with Crippen molar-refractivity contribution in [3.8, 4) is 0 Å². The predicted molar refractivity (Wildman–Crippen MR) is 37.2 cm³/mol. The van der Waals surface area contributed by atoms with Crippen LogP contribution in [0.25, 0.3) is 0 Å². The molecule has 1 rings (SSSR count). The normalized spacial score (nSPS) is 27.6. The van der Waals surface area contributed by atoms with Crippen LogP contribution in [0.15, 0.2) is 0 Å². The Kier molecular flexibility index (Phi) is 3.12.